The van der Waals surface area contributed by atoms with Crippen molar-refractivity contribution in [2.45, 2.75) is 114 Å². The van der Waals surface area contributed by atoms with Crippen molar-refractivity contribution in [1.29, 1.82) is 0 Å². The molecule has 0 aliphatic heterocycles. The van der Waals surface area contributed by atoms with Gasteiger partial charge < -0.3 is 4.52 Å². The molecule has 1 saturated carbocycles. The Balaban J connectivity index is 0.000000273. The number of benzene rings is 7. The molecule has 0 amide bonds. The molecule has 2 aliphatic carbocycles. The van der Waals surface area contributed by atoms with Crippen LogP contribution in [-0.4, -0.2) is 11.1 Å². The van der Waals surface area contributed by atoms with Crippen LogP contribution in [-0.2, 0) is 80.5 Å². The molecule has 5 radical (unpaired) electrons. The van der Waals surface area contributed by atoms with E-state index in [4.69, 9.17) is 9.51 Å². The second-order valence-electron chi connectivity index (χ2n) is 22.8. The molecule has 0 saturated heterocycles. The van der Waals surface area contributed by atoms with E-state index >= 15 is 0 Å². The summed E-state index contributed by atoms with van der Waals surface area (Å²) in [6.07, 6.45) is -37.6. The van der Waals surface area contributed by atoms with Crippen LogP contribution >= 0.6 is 8.15 Å². The summed E-state index contributed by atoms with van der Waals surface area (Å²) < 4.78 is 348. The van der Waals surface area contributed by atoms with E-state index in [2.05, 4.69) is 124 Å². The molecule has 2 nitrogen and oxygen atoms in total. The van der Waals surface area contributed by atoms with Gasteiger partial charge in [-0.3, -0.25) is 0 Å². The molecule has 0 bridgehead atoms. The first-order valence-corrected chi connectivity index (χ1v) is 30.5. The molecular formula is C69H52BF24IrNOP-. The summed E-state index contributed by atoms with van der Waals surface area (Å²) in [6, 6.07) is 23.3. The number of hydrogen-bond donors (Lipinski definition) is 0. The number of hydrogen-bond acceptors (Lipinski definition) is 2. The summed E-state index contributed by atoms with van der Waals surface area (Å²) in [5.41, 5.74) is -23.0. The molecule has 98 heavy (non-hydrogen) atoms. The van der Waals surface area contributed by atoms with Crippen molar-refractivity contribution in [2.75, 3.05) is 0 Å². The van der Waals surface area contributed by atoms with Crippen LogP contribution < -0.4 is 32.5 Å². The second kappa shape index (κ2) is 30.5. The molecule has 1 atom stereocenters. The molecule has 0 unspecified atom stereocenters. The van der Waals surface area contributed by atoms with Gasteiger partial charge in [0.2, 0.25) is 0 Å². The largest absolute Gasteiger partial charge is 0.416 e. The maximum Gasteiger partial charge on any atom is 0.416 e. The van der Waals surface area contributed by atoms with Crippen LogP contribution in [0.25, 0.3) is 11.3 Å². The number of aromatic nitrogens is 1. The SMILES string of the molecule is Cc1ccccc1P(O[C@H]1CCCc2ccc(-c3ccccc3)nc21)c1ccccc1C.FC(F)(F)c1cc([B-](c2cc(C(F)(F)F)cc(C(F)(F)F)c2)(c2cc(C(F)(F)F)cc(C(F)(F)F)c2)c2cc(C(F)(F)F)cc(C(F)(F)F)c2)cc(C(F)(F)F)c1.[CH]1[CH]CC[CH][CH]CC1.[Ir]. The predicted molar refractivity (Wildman–Crippen MR) is 321 cm³/mol. The summed E-state index contributed by atoms with van der Waals surface area (Å²) in [4.78, 5) is 5.14. The number of halogens is 24. The quantitative estimate of drug-likeness (QED) is 0.0816. The maximum absolute atomic E-state index is 14.2. The molecule has 525 valence electrons. The average molecular weight is 1600 g/mol. The second-order valence-corrected chi connectivity index (χ2v) is 24.5. The summed E-state index contributed by atoms with van der Waals surface area (Å²) in [6.45, 7) is 4.37. The Kier molecular flexibility index (Phi) is 24.4. The fraction of sp³-hybridized carbons (Fsp3) is 0.261. The molecule has 1 heterocycles. The first kappa shape index (κ1) is 78.5. The minimum Gasteiger partial charge on any atom is -0.340 e. The Bertz CT molecular complexity index is 3520. The van der Waals surface area contributed by atoms with Gasteiger partial charge in [0.25, 0.3) is 0 Å². The molecule has 0 spiro atoms. The molecule has 29 heteroatoms. The van der Waals surface area contributed by atoms with Crippen LogP contribution in [0.1, 0.15) is 112 Å². The van der Waals surface area contributed by atoms with Gasteiger partial charge in [-0.05, 0) is 131 Å². The minimum atomic E-state index is -6.13. The van der Waals surface area contributed by atoms with E-state index < -0.39 is 203 Å². The molecule has 10 rings (SSSR count). The molecular weight excluding hydrogens is 1550 g/mol. The van der Waals surface area contributed by atoms with E-state index in [-0.39, 0.29) is 26.2 Å². The van der Waals surface area contributed by atoms with Crippen molar-refractivity contribution in [1.82, 2.24) is 4.98 Å². The van der Waals surface area contributed by atoms with Gasteiger partial charge >= 0.3 is 49.4 Å². The van der Waals surface area contributed by atoms with E-state index in [9.17, 15) is 105 Å². The Labute approximate surface area is 561 Å². The number of alkyl halides is 24. The molecule has 8 aromatic rings. The Morgan fingerprint density at radius 1 is 0.367 bits per heavy atom. The van der Waals surface area contributed by atoms with Crippen LogP contribution in [0.4, 0.5) is 105 Å². The van der Waals surface area contributed by atoms with Crippen molar-refractivity contribution in [3.63, 3.8) is 0 Å². The number of pyridine rings is 1. The number of fused-ring (bicyclic) bond motifs is 1. The summed E-state index contributed by atoms with van der Waals surface area (Å²) in [5.74, 6) is 0. The van der Waals surface area contributed by atoms with Crippen molar-refractivity contribution in [3.05, 3.63) is 256 Å². The summed E-state index contributed by atoms with van der Waals surface area (Å²) in [5, 5.41) is 2.59. The van der Waals surface area contributed by atoms with E-state index in [1.807, 2.05) is 6.07 Å². The first-order chi connectivity index (χ1) is 45.0. The van der Waals surface area contributed by atoms with E-state index in [1.165, 1.54) is 53.0 Å². The predicted octanol–water partition coefficient (Wildman–Crippen LogP) is 20.4. The monoisotopic (exact) mass is 1600 g/mol. The van der Waals surface area contributed by atoms with E-state index in [0.717, 1.165) is 36.2 Å². The number of aryl methyl sites for hydroxylation is 3. The summed E-state index contributed by atoms with van der Waals surface area (Å²) in [7, 11) is -0.944. The average Bonchev–Trinajstić information content (AvgIpc) is 0.708. The fourth-order valence-electron chi connectivity index (χ4n) is 11.4. The zero-order valence-corrected chi connectivity index (χ0v) is 54.0. The fourth-order valence-corrected chi connectivity index (χ4v) is 13.5. The van der Waals surface area contributed by atoms with E-state index in [0.29, 0.717) is 0 Å². The van der Waals surface area contributed by atoms with E-state index in [1.54, 1.807) is 0 Å². The van der Waals surface area contributed by atoms with Crippen molar-refractivity contribution < 1.29 is 130 Å². The number of nitrogens with zero attached hydrogens (tertiary/aromatic N) is 1. The van der Waals surface area contributed by atoms with Gasteiger partial charge in [0, 0.05) is 36.3 Å². The van der Waals surface area contributed by atoms with Crippen LogP contribution in [0.2, 0.25) is 0 Å². The van der Waals surface area contributed by atoms with Crippen LogP contribution in [0.3, 0.4) is 0 Å². The Morgan fingerprint density at radius 2 is 0.653 bits per heavy atom. The van der Waals surface area contributed by atoms with Crippen LogP contribution in [0.15, 0.2) is 164 Å². The van der Waals surface area contributed by atoms with Gasteiger partial charge in [0.15, 0.2) is 0 Å². The van der Waals surface area contributed by atoms with Gasteiger partial charge in [-0.2, -0.15) is 127 Å². The van der Waals surface area contributed by atoms with Crippen molar-refractivity contribution in [3.8, 4) is 11.3 Å². The molecule has 0 N–H and O–H groups in total. The maximum atomic E-state index is 14.2. The number of rotatable bonds is 9. The van der Waals surface area contributed by atoms with Gasteiger partial charge in [0.1, 0.15) is 12.2 Å². The van der Waals surface area contributed by atoms with Crippen LogP contribution in [0.5, 0.6) is 0 Å². The van der Waals surface area contributed by atoms with Gasteiger partial charge in [0.05, 0.1) is 64.0 Å². The van der Waals surface area contributed by atoms with Gasteiger partial charge in [-0.15, -0.1) is 0 Å². The van der Waals surface area contributed by atoms with Gasteiger partial charge in [-0.25, -0.2) is 4.98 Å². The van der Waals surface area contributed by atoms with Crippen LogP contribution in [0, 0.1) is 39.5 Å². The summed E-state index contributed by atoms with van der Waals surface area (Å²) >= 11 is 0. The van der Waals surface area contributed by atoms with Gasteiger partial charge in [-0.1, -0.05) is 133 Å². The Morgan fingerprint density at radius 3 is 0.939 bits per heavy atom. The normalized spacial score (nSPS) is 15.4. The Hall–Kier alpha value is -6.89. The standard InChI is InChI=1S/C32H12BF24.C29H28NOP.C8H12.Ir/c34-25(35,36)13-1-14(26(37,38)39)6-21(5-13)33(22-7-15(27(40,41)42)2-16(8-22)28(43,44)45,23-9-17(29(46,47)48)3-18(10-23)30(49,50)51)24-11-19(31(52,53)54)4-20(12-24)32(55,56)57;1-21-11-6-8-17-27(21)32(28-18-9-7-12-22(28)2)31-26-16-10-15-24-19-20-25(30-29(24)26)23-13-4-3-5-14-23;1-2-4-6-8-7-5-3-1;/h1-12H;3-9,11-14,17-20,26H,10,15-16H2,1-2H3;1-2,7-8H,3-6H2;/q-1;;;/t;26-;;/m.0../s1. The van der Waals surface area contributed by atoms with Crippen molar-refractivity contribution >= 4 is 46.8 Å². The zero-order valence-electron chi connectivity index (χ0n) is 50.7. The third-order valence-corrected chi connectivity index (χ3v) is 18.3. The minimum absolute atomic E-state index is 0. The first-order valence-electron chi connectivity index (χ1n) is 29.3. The zero-order chi connectivity index (χ0) is 71.5. The smallest absolute Gasteiger partial charge is 0.340 e. The molecule has 7 aromatic carbocycles. The molecule has 1 aromatic heterocycles. The third-order valence-electron chi connectivity index (χ3n) is 16.0. The topological polar surface area (TPSA) is 22.1 Å². The molecule has 1 fully saturated rings. The van der Waals surface area contributed by atoms with Crippen molar-refractivity contribution in [2.24, 2.45) is 0 Å². The molecule has 2 aliphatic rings. The third kappa shape index (κ3) is 19.1.